The number of aryl methyl sites for hydroxylation is 1. The maximum atomic E-state index is 11.6. The molecule has 0 aliphatic carbocycles. The predicted octanol–water partition coefficient (Wildman–Crippen LogP) is 0.923. The largest absolute Gasteiger partial charge is 0.375 e. The van der Waals surface area contributed by atoms with Gasteiger partial charge in [0.05, 0.1) is 12.1 Å². The van der Waals surface area contributed by atoms with Crippen molar-refractivity contribution in [3.05, 3.63) is 35.1 Å². The Morgan fingerprint density at radius 1 is 1.65 bits per heavy atom. The van der Waals surface area contributed by atoms with Crippen molar-refractivity contribution in [3.8, 4) is 0 Å². The summed E-state index contributed by atoms with van der Waals surface area (Å²) in [6, 6.07) is 1.97. The van der Waals surface area contributed by atoms with Gasteiger partial charge in [-0.15, -0.1) is 11.3 Å². The molecular weight excluding hydrogens is 236 g/mol. The van der Waals surface area contributed by atoms with Gasteiger partial charge in [0.2, 0.25) is 5.91 Å². The summed E-state index contributed by atoms with van der Waals surface area (Å²) in [5.41, 5.74) is 7.30. The van der Waals surface area contributed by atoms with E-state index in [9.17, 15) is 4.79 Å². The number of hydrogen-bond donors (Lipinski definition) is 2. The van der Waals surface area contributed by atoms with Gasteiger partial charge in [-0.3, -0.25) is 4.79 Å². The van der Waals surface area contributed by atoms with Crippen LogP contribution in [-0.2, 0) is 24.8 Å². The van der Waals surface area contributed by atoms with Crippen molar-refractivity contribution >= 4 is 22.4 Å². The molecule has 90 valence electrons. The quantitative estimate of drug-likeness (QED) is 0.847. The number of nitrogens with two attached hydrogens (primary N) is 1. The highest BCUT2D eigenvalue weighted by Crippen LogP contribution is 2.11. The number of anilines is 1. The molecule has 0 aromatic carbocycles. The van der Waals surface area contributed by atoms with Crippen molar-refractivity contribution in [2.24, 2.45) is 7.05 Å². The molecular formula is C11H14N4OS. The molecule has 1 amide bonds. The van der Waals surface area contributed by atoms with E-state index < -0.39 is 0 Å². The average molecular weight is 250 g/mol. The Bertz CT molecular complexity index is 517. The Kier molecular flexibility index (Phi) is 3.43. The topological polar surface area (TPSA) is 72.9 Å². The number of nitrogens with one attached hydrogen (secondary N) is 1. The fourth-order valence-electron chi connectivity index (χ4n) is 1.50. The third-order valence-corrected chi connectivity index (χ3v) is 3.02. The number of aromatic nitrogens is 2. The van der Waals surface area contributed by atoms with E-state index in [0.717, 1.165) is 11.3 Å². The van der Waals surface area contributed by atoms with Crippen LogP contribution in [0.1, 0.15) is 11.3 Å². The first-order chi connectivity index (χ1) is 8.13. The molecule has 0 saturated carbocycles. The van der Waals surface area contributed by atoms with E-state index in [2.05, 4.69) is 10.3 Å². The first-order valence-corrected chi connectivity index (χ1v) is 6.09. The van der Waals surface area contributed by atoms with E-state index in [1.807, 2.05) is 30.1 Å². The van der Waals surface area contributed by atoms with E-state index in [-0.39, 0.29) is 12.3 Å². The minimum absolute atomic E-state index is 0.0425. The average Bonchev–Trinajstić information content (AvgIpc) is 2.85. The lowest BCUT2D eigenvalue weighted by Crippen LogP contribution is -2.24. The number of nitrogen functional groups attached to an aromatic ring is 1. The van der Waals surface area contributed by atoms with Crippen LogP contribution in [0.3, 0.4) is 0 Å². The number of amides is 1. The molecule has 0 unspecified atom stereocenters. The highest BCUT2D eigenvalue weighted by atomic mass is 32.1. The van der Waals surface area contributed by atoms with E-state index >= 15 is 0 Å². The van der Waals surface area contributed by atoms with Crippen molar-refractivity contribution in [1.82, 2.24) is 14.9 Å². The molecule has 2 heterocycles. The first kappa shape index (κ1) is 11.7. The normalized spacial score (nSPS) is 10.4. The zero-order valence-electron chi connectivity index (χ0n) is 9.51. The van der Waals surface area contributed by atoms with E-state index in [0.29, 0.717) is 11.7 Å². The van der Waals surface area contributed by atoms with Crippen molar-refractivity contribution in [3.63, 3.8) is 0 Å². The lowest BCUT2D eigenvalue weighted by molar-refractivity contribution is -0.120. The molecule has 2 aromatic rings. The zero-order valence-corrected chi connectivity index (χ0v) is 10.3. The maximum Gasteiger partial charge on any atom is 0.226 e. The molecule has 17 heavy (non-hydrogen) atoms. The Morgan fingerprint density at radius 2 is 2.47 bits per heavy atom. The molecule has 2 aromatic heterocycles. The van der Waals surface area contributed by atoms with E-state index in [1.54, 1.807) is 5.38 Å². The van der Waals surface area contributed by atoms with Crippen LogP contribution >= 0.6 is 11.3 Å². The van der Waals surface area contributed by atoms with Crippen molar-refractivity contribution in [2.45, 2.75) is 13.0 Å². The van der Waals surface area contributed by atoms with Gasteiger partial charge in [0.25, 0.3) is 0 Å². The molecule has 2 rings (SSSR count). The van der Waals surface area contributed by atoms with Crippen LogP contribution < -0.4 is 11.1 Å². The monoisotopic (exact) mass is 250 g/mol. The molecule has 0 radical (unpaired) electrons. The van der Waals surface area contributed by atoms with Crippen molar-refractivity contribution < 1.29 is 4.79 Å². The van der Waals surface area contributed by atoms with Gasteiger partial charge < -0.3 is 15.6 Å². The zero-order chi connectivity index (χ0) is 12.3. The minimum atomic E-state index is -0.0425. The van der Waals surface area contributed by atoms with Gasteiger partial charge in [0.1, 0.15) is 0 Å². The third-order valence-electron chi connectivity index (χ3n) is 2.29. The molecule has 0 saturated heterocycles. The van der Waals surface area contributed by atoms with Crippen LogP contribution in [0.5, 0.6) is 0 Å². The van der Waals surface area contributed by atoms with Crippen LogP contribution in [0.4, 0.5) is 5.13 Å². The van der Waals surface area contributed by atoms with Gasteiger partial charge in [-0.25, -0.2) is 4.98 Å². The van der Waals surface area contributed by atoms with Crippen LogP contribution in [0, 0.1) is 0 Å². The molecule has 0 spiro atoms. The van der Waals surface area contributed by atoms with Crippen molar-refractivity contribution in [2.75, 3.05) is 5.73 Å². The Labute approximate surface area is 103 Å². The summed E-state index contributed by atoms with van der Waals surface area (Å²) < 4.78 is 1.95. The number of carbonyl (C=O) groups is 1. The number of thiazole rings is 1. The molecule has 0 aliphatic heterocycles. The Balaban J connectivity index is 1.82. The SMILES string of the molecule is Cn1ccc(CNC(=O)Cc2csc(N)n2)c1. The van der Waals surface area contributed by atoms with Crippen LogP contribution in [-0.4, -0.2) is 15.5 Å². The number of nitrogens with zero attached hydrogens (tertiary/aromatic N) is 2. The summed E-state index contributed by atoms with van der Waals surface area (Å²) in [5.74, 6) is -0.0425. The summed E-state index contributed by atoms with van der Waals surface area (Å²) in [6.45, 7) is 0.541. The molecule has 0 atom stereocenters. The van der Waals surface area contributed by atoms with Crippen molar-refractivity contribution in [1.29, 1.82) is 0 Å². The van der Waals surface area contributed by atoms with Gasteiger partial charge >= 0.3 is 0 Å². The number of hydrogen-bond acceptors (Lipinski definition) is 4. The second kappa shape index (κ2) is 5.01. The first-order valence-electron chi connectivity index (χ1n) is 5.21. The summed E-state index contributed by atoms with van der Waals surface area (Å²) in [7, 11) is 1.95. The third kappa shape index (κ3) is 3.32. The minimum Gasteiger partial charge on any atom is -0.375 e. The Hall–Kier alpha value is -1.82. The van der Waals surface area contributed by atoms with E-state index in [4.69, 9.17) is 5.73 Å². The molecule has 0 aliphatic rings. The van der Waals surface area contributed by atoms with Gasteiger partial charge in [-0.2, -0.15) is 0 Å². The molecule has 0 bridgehead atoms. The maximum absolute atomic E-state index is 11.6. The lowest BCUT2D eigenvalue weighted by Gasteiger charge is -2.01. The fraction of sp³-hybridized carbons (Fsp3) is 0.273. The Morgan fingerprint density at radius 3 is 3.06 bits per heavy atom. The molecule has 6 heteroatoms. The summed E-state index contributed by atoms with van der Waals surface area (Å²) in [5, 5.41) is 5.14. The van der Waals surface area contributed by atoms with Crippen LogP contribution in [0.15, 0.2) is 23.8 Å². The molecule has 3 N–H and O–H groups in total. The number of carbonyl (C=O) groups excluding carboxylic acids is 1. The van der Waals surface area contributed by atoms with Gasteiger partial charge in [0, 0.05) is 31.4 Å². The van der Waals surface area contributed by atoms with Crippen LogP contribution in [0.2, 0.25) is 0 Å². The van der Waals surface area contributed by atoms with E-state index in [1.165, 1.54) is 11.3 Å². The van der Waals surface area contributed by atoms with Gasteiger partial charge in [0.15, 0.2) is 5.13 Å². The molecule has 5 nitrogen and oxygen atoms in total. The second-order valence-corrected chi connectivity index (χ2v) is 4.71. The van der Waals surface area contributed by atoms with Crippen LogP contribution in [0.25, 0.3) is 0 Å². The van der Waals surface area contributed by atoms with Gasteiger partial charge in [-0.1, -0.05) is 0 Å². The lowest BCUT2D eigenvalue weighted by atomic mass is 10.3. The smallest absolute Gasteiger partial charge is 0.226 e. The standard InChI is InChI=1S/C11H14N4OS/c1-15-3-2-8(6-15)5-13-10(16)4-9-7-17-11(12)14-9/h2-3,6-7H,4-5H2,1H3,(H2,12,14)(H,13,16). The highest BCUT2D eigenvalue weighted by molar-refractivity contribution is 7.13. The summed E-state index contributed by atoms with van der Waals surface area (Å²) >= 11 is 1.35. The fourth-order valence-corrected chi connectivity index (χ4v) is 2.06. The predicted molar refractivity (Wildman–Crippen MR) is 67.5 cm³/mol. The second-order valence-electron chi connectivity index (χ2n) is 3.82. The summed E-state index contributed by atoms with van der Waals surface area (Å²) in [6.07, 6.45) is 4.20. The highest BCUT2D eigenvalue weighted by Gasteiger charge is 2.06. The summed E-state index contributed by atoms with van der Waals surface area (Å²) in [4.78, 5) is 15.6. The van der Waals surface area contributed by atoms with Gasteiger partial charge in [-0.05, 0) is 11.6 Å². The molecule has 0 fully saturated rings. The number of rotatable bonds is 4.